The van der Waals surface area contributed by atoms with Crippen LogP contribution in [0, 0.1) is 0 Å². The van der Waals surface area contributed by atoms with Crippen molar-refractivity contribution in [3.05, 3.63) is 23.7 Å². The molecule has 1 rings (SSSR count). The van der Waals surface area contributed by atoms with E-state index in [1.165, 1.54) is 13.3 Å². The lowest BCUT2D eigenvalue weighted by atomic mass is 10.0. The van der Waals surface area contributed by atoms with Crippen LogP contribution >= 0.6 is 0 Å². The average Bonchev–Trinajstić information content (AvgIpc) is 2.63. The van der Waals surface area contributed by atoms with E-state index >= 15 is 0 Å². The molecule has 0 aliphatic rings. The summed E-state index contributed by atoms with van der Waals surface area (Å²) < 4.78 is 5.11. The van der Waals surface area contributed by atoms with Gasteiger partial charge in [-0.25, -0.2) is 0 Å². The van der Waals surface area contributed by atoms with Crippen molar-refractivity contribution in [2.24, 2.45) is 0 Å². The fourth-order valence-corrected chi connectivity index (χ4v) is 1.40. The first-order valence-electron chi connectivity index (χ1n) is 4.98. The third-order valence-corrected chi connectivity index (χ3v) is 2.23. The predicted octanol–water partition coefficient (Wildman–Crippen LogP) is 1.56. The maximum atomic E-state index is 11.8. The van der Waals surface area contributed by atoms with E-state index in [4.69, 9.17) is 9.52 Å². The van der Waals surface area contributed by atoms with E-state index in [1.807, 2.05) is 13.8 Å². The molecule has 5 heteroatoms. The van der Waals surface area contributed by atoms with Crippen molar-refractivity contribution in [1.29, 1.82) is 0 Å². The van der Waals surface area contributed by atoms with Gasteiger partial charge in [-0.2, -0.15) is 0 Å². The topological polar surface area (TPSA) is 70.8 Å². The molecular formula is C11H15NO4. The van der Waals surface area contributed by atoms with E-state index < -0.39 is 11.9 Å². The molecular weight excluding hydrogens is 210 g/mol. The number of aliphatic carboxylic acids is 1. The maximum Gasteiger partial charge on any atom is 0.323 e. The summed E-state index contributed by atoms with van der Waals surface area (Å²) in [5.41, 5.74) is 0.794. The molecule has 0 bridgehead atoms. The Bertz CT molecular complexity index is 394. The molecule has 0 atom stereocenters. The maximum absolute atomic E-state index is 11.8. The standard InChI is InChI=1S/C11H15NO4/c1-7(2)8-4-5-16-10(8)11(15)12(3)6-9(13)14/h4-5,7H,6H2,1-3H3,(H,13,14). The van der Waals surface area contributed by atoms with Crippen molar-refractivity contribution < 1.29 is 19.1 Å². The van der Waals surface area contributed by atoms with E-state index in [1.54, 1.807) is 6.07 Å². The molecule has 1 aromatic heterocycles. The number of carboxylic acids is 1. The van der Waals surface area contributed by atoms with E-state index in [-0.39, 0.29) is 18.2 Å². The molecule has 0 radical (unpaired) electrons. The minimum Gasteiger partial charge on any atom is -0.480 e. The smallest absolute Gasteiger partial charge is 0.323 e. The van der Waals surface area contributed by atoms with Crippen LogP contribution in [0.2, 0.25) is 0 Å². The Kier molecular flexibility index (Phi) is 3.71. The van der Waals surface area contributed by atoms with Crippen LogP contribution in [0.15, 0.2) is 16.7 Å². The SMILES string of the molecule is CC(C)c1ccoc1C(=O)N(C)CC(=O)O. The van der Waals surface area contributed by atoms with Crippen LogP contribution in [0.25, 0.3) is 0 Å². The van der Waals surface area contributed by atoms with Crippen molar-refractivity contribution in [2.75, 3.05) is 13.6 Å². The largest absolute Gasteiger partial charge is 0.480 e. The zero-order chi connectivity index (χ0) is 12.3. The molecule has 1 heterocycles. The van der Waals surface area contributed by atoms with Crippen molar-refractivity contribution >= 4 is 11.9 Å². The number of nitrogens with zero attached hydrogens (tertiary/aromatic N) is 1. The summed E-state index contributed by atoms with van der Waals surface area (Å²) in [5, 5.41) is 8.58. The van der Waals surface area contributed by atoms with E-state index in [9.17, 15) is 9.59 Å². The summed E-state index contributed by atoms with van der Waals surface area (Å²) in [5.74, 6) is -1.07. The molecule has 0 saturated carbocycles. The number of carbonyl (C=O) groups is 2. The second kappa shape index (κ2) is 4.83. The van der Waals surface area contributed by atoms with Crippen molar-refractivity contribution in [3.63, 3.8) is 0 Å². The van der Waals surface area contributed by atoms with Gasteiger partial charge in [0.15, 0.2) is 5.76 Å². The molecule has 0 aromatic carbocycles. The summed E-state index contributed by atoms with van der Waals surface area (Å²) >= 11 is 0. The molecule has 1 aromatic rings. The average molecular weight is 225 g/mol. The Morgan fingerprint density at radius 1 is 1.50 bits per heavy atom. The van der Waals surface area contributed by atoms with Crippen LogP contribution < -0.4 is 0 Å². The summed E-state index contributed by atoms with van der Waals surface area (Å²) in [4.78, 5) is 23.4. The fourth-order valence-electron chi connectivity index (χ4n) is 1.40. The minimum atomic E-state index is -1.05. The van der Waals surface area contributed by atoms with Gasteiger partial charge in [0.25, 0.3) is 5.91 Å². The predicted molar refractivity (Wildman–Crippen MR) is 57.4 cm³/mol. The zero-order valence-electron chi connectivity index (χ0n) is 9.56. The van der Waals surface area contributed by atoms with Crippen LogP contribution in [-0.2, 0) is 4.79 Å². The lowest BCUT2D eigenvalue weighted by Crippen LogP contribution is -2.32. The highest BCUT2D eigenvalue weighted by Crippen LogP contribution is 2.21. The highest BCUT2D eigenvalue weighted by molar-refractivity contribution is 5.94. The van der Waals surface area contributed by atoms with Crippen LogP contribution in [0.5, 0.6) is 0 Å². The third-order valence-electron chi connectivity index (χ3n) is 2.23. The first-order chi connectivity index (χ1) is 7.43. The minimum absolute atomic E-state index is 0.163. The van der Waals surface area contributed by atoms with Gasteiger partial charge in [0, 0.05) is 12.6 Å². The number of carboxylic acid groups (broad SMARTS) is 1. The molecule has 0 unspecified atom stereocenters. The van der Waals surface area contributed by atoms with Gasteiger partial charge < -0.3 is 14.4 Å². The molecule has 88 valence electrons. The lowest BCUT2D eigenvalue weighted by Gasteiger charge is -2.14. The number of furan rings is 1. The Labute approximate surface area is 93.7 Å². The van der Waals surface area contributed by atoms with Crippen LogP contribution in [0.3, 0.4) is 0 Å². The molecule has 0 aliphatic heterocycles. The van der Waals surface area contributed by atoms with E-state index in [0.29, 0.717) is 0 Å². The van der Waals surface area contributed by atoms with Gasteiger partial charge in [0.2, 0.25) is 0 Å². The van der Waals surface area contributed by atoms with Gasteiger partial charge in [-0.1, -0.05) is 13.8 Å². The fraction of sp³-hybridized carbons (Fsp3) is 0.455. The number of rotatable bonds is 4. The zero-order valence-corrected chi connectivity index (χ0v) is 9.56. The van der Waals surface area contributed by atoms with Gasteiger partial charge >= 0.3 is 5.97 Å². The highest BCUT2D eigenvalue weighted by Gasteiger charge is 2.22. The summed E-state index contributed by atoms with van der Waals surface area (Å²) in [6, 6.07) is 1.73. The van der Waals surface area contributed by atoms with Crippen LogP contribution in [0.1, 0.15) is 35.9 Å². The lowest BCUT2D eigenvalue weighted by molar-refractivity contribution is -0.137. The van der Waals surface area contributed by atoms with Crippen LogP contribution in [-0.4, -0.2) is 35.5 Å². The Balaban J connectivity index is 2.87. The van der Waals surface area contributed by atoms with Crippen molar-refractivity contribution in [3.8, 4) is 0 Å². The highest BCUT2D eigenvalue weighted by atomic mass is 16.4. The Hall–Kier alpha value is -1.78. The normalized spacial score (nSPS) is 10.5. The molecule has 1 amide bonds. The second-order valence-corrected chi connectivity index (χ2v) is 3.91. The van der Waals surface area contributed by atoms with E-state index in [2.05, 4.69) is 0 Å². The van der Waals surface area contributed by atoms with Crippen molar-refractivity contribution in [2.45, 2.75) is 19.8 Å². The number of hydrogen-bond donors (Lipinski definition) is 1. The molecule has 0 aliphatic carbocycles. The number of amides is 1. The molecule has 1 N–H and O–H groups in total. The van der Waals surface area contributed by atoms with Gasteiger partial charge in [0.05, 0.1) is 6.26 Å². The Morgan fingerprint density at radius 3 is 2.62 bits per heavy atom. The summed E-state index contributed by atoms with van der Waals surface area (Å²) in [6.45, 7) is 3.55. The Morgan fingerprint density at radius 2 is 2.12 bits per heavy atom. The summed E-state index contributed by atoms with van der Waals surface area (Å²) in [7, 11) is 1.43. The summed E-state index contributed by atoms with van der Waals surface area (Å²) in [6.07, 6.45) is 1.44. The third kappa shape index (κ3) is 2.62. The second-order valence-electron chi connectivity index (χ2n) is 3.91. The molecule has 16 heavy (non-hydrogen) atoms. The van der Waals surface area contributed by atoms with Crippen molar-refractivity contribution in [1.82, 2.24) is 4.90 Å². The monoisotopic (exact) mass is 225 g/mol. The molecule has 0 fully saturated rings. The number of hydrogen-bond acceptors (Lipinski definition) is 3. The quantitative estimate of drug-likeness (QED) is 0.844. The number of carbonyl (C=O) groups excluding carboxylic acids is 1. The number of likely N-dealkylation sites (N-methyl/N-ethyl adjacent to an activating group) is 1. The first kappa shape index (κ1) is 12.3. The van der Waals surface area contributed by atoms with Gasteiger partial charge in [0.1, 0.15) is 6.54 Å². The molecule has 5 nitrogen and oxygen atoms in total. The van der Waals surface area contributed by atoms with E-state index in [0.717, 1.165) is 10.5 Å². The van der Waals surface area contributed by atoms with Gasteiger partial charge in [-0.15, -0.1) is 0 Å². The van der Waals surface area contributed by atoms with Gasteiger partial charge in [-0.05, 0) is 12.0 Å². The molecule has 0 spiro atoms. The molecule has 0 saturated heterocycles. The first-order valence-corrected chi connectivity index (χ1v) is 4.98. The van der Waals surface area contributed by atoms with Gasteiger partial charge in [-0.3, -0.25) is 9.59 Å². The van der Waals surface area contributed by atoms with Crippen LogP contribution in [0.4, 0.5) is 0 Å².